The molecule has 1 atom stereocenters. The molecule has 1 fully saturated rings. The van der Waals surface area contributed by atoms with E-state index in [4.69, 9.17) is 5.11 Å². The molecule has 1 aliphatic carbocycles. The molecule has 0 heterocycles. The van der Waals surface area contributed by atoms with E-state index >= 15 is 0 Å². The van der Waals surface area contributed by atoms with Gasteiger partial charge < -0.3 is 10.4 Å². The lowest BCUT2D eigenvalue weighted by atomic mass is 10.1. The van der Waals surface area contributed by atoms with Gasteiger partial charge in [-0.05, 0) is 37.0 Å². The van der Waals surface area contributed by atoms with Crippen LogP contribution < -0.4 is 5.32 Å². The van der Waals surface area contributed by atoms with Crippen LogP contribution >= 0.6 is 0 Å². The van der Waals surface area contributed by atoms with E-state index in [2.05, 4.69) is 5.32 Å². The summed E-state index contributed by atoms with van der Waals surface area (Å²) in [4.78, 5) is 22.6. The quantitative estimate of drug-likeness (QED) is 0.858. The van der Waals surface area contributed by atoms with Gasteiger partial charge in [0, 0.05) is 5.56 Å². The zero-order valence-corrected chi connectivity index (χ0v) is 9.32. The molecule has 96 valence electrons. The SMILES string of the molecule is O=C(NC(C(=O)O)C1CC1)c1ccc(F)c(F)c1. The van der Waals surface area contributed by atoms with Crippen molar-refractivity contribution in [3.8, 4) is 0 Å². The van der Waals surface area contributed by atoms with Crippen molar-refractivity contribution in [3.05, 3.63) is 35.4 Å². The fourth-order valence-electron chi connectivity index (χ4n) is 1.67. The highest BCUT2D eigenvalue weighted by atomic mass is 19.2. The van der Waals surface area contributed by atoms with Crippen molar-refractivity contribution >= 4 is 11.9 Å². The molecular formula is C12H11F2NO3. The summed E-state index contributed by atoms with van der Waals surface area (Å²) in [5.74, 6) is -4.09. The Kier molecular flexibility index (Phi) is 3.27. The monoisotopic (exact) mass is 255 g/mol. The maximum atomic E-state index is 12.9. The van der Waals surface area contributed by atoms with Crippen molar-refractivity contribution in [1.29, 1.82) is 0 Å². The zero-order valence-electron chi connectivity index (χ0n) is 9.32. The Morgan fingerprint density at radius 1 is 1.28 bits per heavy atom. The molecule has 0 aliphatic heterocycles. The van der Waals surface area contributed by atoms with Crippen LogP contribution in [0.25, 0.3) is 0 Å². The van der Waals surface area contributed by atoms with E-state index in [1.165, 1.54) is 0 Å². The smallest absolute Gasteiger partial charge is 0.326 e. The first kappa shape index (κ1) is 12.5. The Morgan fingerprint density at radius 2 is 1.94 bits per heavy atom. The molecule has 2 rings (SSSR count). The molecule has 1 aliphatic rings. The van der Waals surface area contributed by atoms with Crippen LogP contribution in [0.5, 0.6) is 0 Å². The summed E-state index contributed by atoms with van der Waals surface area (Å²) in [5, 5.41) is 11.2. The third-order valence-corrected chi connectivity index (χ3v) is 2.83. The minimum atomic E-state index is -1.14. The van der Waals surface area contributed by atoms with Crippen LogP contribution in [-0.4, -0.2) is 23.0 Å². The first-order valence-electron chi connectivity index (χ1n) is 5.48. The fourth-order valence-corrected chi connectivity index (χ4v) is 1.67. The average Bonchev–Trinajstić information content (AvgIpc) is 3.13. The number of amides is 1. The summed E-state index contributed by atoms with van der Waals surface area (Å²) in [5.41, 5.74) is -0.0965. The Morgan fingerprint density at radius 3 is 2.44 bits per heavy atom. The van der Waals surface area contributed by atoms with Crippen molar-refractivity contribution in [1.82, 2.24) is 5.32 Å². The average molecular weight is 255 g/mol. The van der Waals surface area contributed by atoms with E-state index in [-0.39, 0.29) is 11.5 Å². The second-order valence-electron chi connectivity index (χ2n) is 4.26. The van der Waals surface area contributed by atoms with Crippen LogP contribution in [0.4, 0.5) is 8.78 Å². The van der Waals surface area contributed by atoms with E-state index in [9.17, 15) is 18.4 Å². The number of carbonyl (C=O) groups excluding carboxylic acids is 1. The van der Waals surface area contributed by atoms with Crippen LogP contribution in [0.2, 0.25) is 0 Å². The number of hydrogen-bond acceptors (Lipinski definition) is 2. The summed E-state index contributed by atoms with van der Waals surface area (Å²) in [6.45, 7) is 0. The van der Waals surface area contributed by atoms with Gasteiger partial charge >= 0.3 is 5.97 Å². The van der Waals surface area contributed by atoms with Gasteiger partial charge in [-0.3, -0.25) is 4.79 Å². The van der Waals surface area contributed by atoms with Gasteiger partial charge in [0.15, 0.2) is 11.6 Å². The largest absolute Gasteiger partial charge is 0.480 e. The van der Waals surface area contributed by atoms with Gasteiger partial charge in [-0.2, -0.15) is 0 Å². The first-order valence-corrected chi connectivity index (χ1v) is 5.48. The maximum Gasteiger partial charge on any atom is 0.326 e. The second kappa shape index (κ2) is 4.72. The highest BCUT2D eigenvalue weighted by Crippen LogP contribution is 2.32. The molecule has 1 unspecified atom stereocenters. The third-order valence-electron chi connectivity index (χ3n) is 2.83. The van der Waals surface area contributed by atoms with Crippen molar-refractivity contribution in [3.63, 3.8) is 0 Å². The van der Waals surface area contributed by atoms with Crippen molar-refractivity contribution in [2.45, 2.75) is 18.9 Å². The molecule has 2 N–H and O–H groups in total. The summed E-state index contributed by atoms with van der Waals surface area (Å²) >= 11 is 0. The van der Waals surface area contributed by atoms with E-state index < -0.39 is 29.6 Å². The summed E-state index contributed by atoms with van der Waals surface area (Å²) in [6, 6.07) is 1.72. The number of nitrogens with one attached hydrogen (secondary N) is 1. The number of rotatable bonds is 4. The van der Waals surface area contributed by atoms with Crippen LogP contribution in [0.15, 0.2) is 18.2 Å². The van der Waals surface area contributed by atoms with E-state index in [1.54, 1.807) is 0 Å². The van der Waals surface area contributed by atoms with Gasteiger partial charge in [-0.15, -0.1) is 0 Å². The molecule has 6 heteroatoms. The van der Waals surface area contributed by atoms with E-state index in [1.807, 2.05) is 0 Å². The lowest BCUT2D eigenvalue weighted by molar-refractivity contribution is -0.139. The topological polar surface area (TPSA) is 66.4 Å². The molecule has 0 aromatic heterocycles. The van der Waals surface area contributed by atoms with Gasteiger partial charge in [-0.1, -0.05) is 0 Å². The molecule has 0 bridgehead atoms. The van der Waals surface area contributed by atoms with Gasteiger partial charge in [0.1, 0.15) is 6.04 Å². The lowest BCUT2D eigenvalue weighted by Gasteiger charge is -2.13. The number of carboxylic acids is 1. The molecule has 1 saturated carbocycles. The Bertz CT molecular complexity index is 500. The molecule has 1 aromatic rings. The van der Waals surface area contributed by atoms with Crippen LogP contribution in [0, 0.1) is 17.6 Å². The van der Waals surface area contributed by atoms with Crippen molar-refractivity contribution in [2.75, 3.05) is 0 Å². The predicted octanol–water partition coefficient (Wildman–Crippen LogP) is 1.56. The standard InChI is InChI=1S/C12H11F2NO3/c13-8-4-3-7(5-9(8)14)11(16)15-10(12(17)18)6-1-2-6/h3-6,10H,1-2H2,(H,15,16)(H,17,18). The minimum Gasteiger partial charge on any atom is -0.480 e. The lowest BCUT2D eigenvalue weighted by Crippen LogP contribution is -2.42. The van der Waals surface area contributed by atoms with Gasteiger partial charge in [0.05, 0.1) is 0 Å². The number of halogens is 2. The molecule has 4 nitrogen and oxygen atoms in total. The number of benzene rings is 1. The summed E-state index contributed by atoms with van der Waals surface area (Å²) in [7, 11) is 0. The van der Waals surface area contributed by atoms with Crippen LogP contribution in [0.1, 0.15) is 23.2 Å². The Labute approximate surface area is 102 Å². The number of carbonyl (C=O) groups is 2. The highest BCUT2D eigenvalue weighted by Gasteiger charge is 2.37. The zero-order chi connectivity index (χ0) is 13.3. The van der Waals surface area contributed by atoms with E-state index in [0.717, 1.165) is 31.0 Å². The molecule has 1 amide bonds. The molecule has 1 aromatic carbocycles. The maximum absolute atomic E-state index is 12.9. The first-order chi connectivity index (χ1) is 8.49. The van der Waals surface area contributed by atoms with Crippen LogP contribution in [-0.2, 0) is 4.79 Å². The number of hydrogen-bond donors (Lipinski definition) is 2. The number of aliphatic carboxylic acids is 1. The molecule has 18 heavy (non-hydrogen) atoms. The molecule has 0 spiro atoms. The van der Waals surface area contributed by atoms with Gasteiger partial charge in [0.2, 0.25) is 0 Å². The van der Waals surface area contributed by atoms with Crippen molar-refractivity contribution in [2.24, 2.45) is 5.92 Å². The summed E-state index contributed by atoms with van der Waals surface area (Å²) in [6.07, 6.45) is 1.49. The van der Waals surface area contributed by atoms with Crippen molar-refractivity contribution < 1.29 is 23.5 Å². The molecular weight excluding hydrogens is 244 g/mol. The number of carboxylic acid groups (broad SMARTS) is 1. The highest BCUT2D eigenvalue weighted by molar-refractivity contribution is 5.96. The van der Waals surface area contributed by atoms with E-state index in [0.29, 0.717) is 0 Å². The minimum absolute atomic E-state index is 0.0725. The molecule has 0 saturated heterocycles. The van der Waals surface area contributed by atoms with Crippen LogP contribution in [0.3, 0.4) is 0 Å². The summed E-state index contributed by atoms with van der Waals surface area (Å²) < 4.78 is 25.6. The molecule has 0 radical (unpaired) electrons. The van der Waals surface area contributed by atoms with Gasteiger partial charge in [-0.25, -0.2) is 13.6 Å². The van der Waals surface area contributed by atoms with Gasteiger partial charge in [0.25, 0.3) is 5.91 Å². The Balaban J connectivity index is 2.10. The Hall–Kier alpha value is -1.98. The second-order valence-corrected chi connectivity index (χ2v) is 4.26. The third kappa shape index (κ3) is 2.64. The fraction of sp³-hybridized carbons (Fsp3) is 0.333. The normalized spacial score (nSPS) is 16.1. The predicted molar refractivity (Wildman–Crippen MR) is 58.0 cm³/mol.